The normalized spacial score (nSPS) is 14.0. The van der Waals surface area contributed by atoms with Gasteiger partial charge in [-0.15, -0.1) is 0 Å². The highest BCUT2D eigenvalue weighted by Crippen LogP contribution is 2.14. The molecule has 0 saturated heterocycles. The highest BCUT2D eigenvalue weighted by molar-refractivity contribution is 5.56. The maximum absolute atomic E-state index is 4.26. The summed E-state index contributed by atoms with van der Waals surface area (Å²) in [6.07, 6.45) is 26.7. The lowest BCUT2D eigenvalue weighted by Gasteiger charge is -2.12. The molecule has 1 aliphatic heterocycles. The molecule has 0 bridgehead atoms. The van der Waals surface area contributed by atoms with E-state index >= 15 is 0 Å². The zero-order valence-electron chi connectivity index (χ0n) is 16.6. The Morgan fingerprint density at radius 2 is 1.04 bits per heavy atom. The molecule has 2 nitrogen and oxygen atoms in total. The lowest BCUT2D eigenvalue weighted by atomic mass is 10.0. The molecule has 0 N–H and O–H groups in total. The van der Waals surface area contributed by atoms with E-state index in [4.69, 9.17) is 0 Å². The Morgan fingerprint density at radius 1 is 0.625 bits per heavy atom. The number of hydrogen-bond donors (Lipinski definition) is 0. The second-order valence-corrected chi connectivity index (χ2v) is 7.71. The van der Waals surface area contributed by atoms with Gasteiger partial charge in [0, 0.05) is 13.1 Å². The van der Waals surface area contributed by atoms with Crippen molar-refractivity contribution in [1.29, 1.82) is 0 Å². The monoisotopic (exact) mass is 336 g/mol. The van der Waals surface area contributed by atoms with E-state index in [-0.39, 0.29) is 0 Å². The summed E-state index contributed by atoms with van der Waals surface area (Å²) in [4.78, 5) is 6.63. The minimum absolute atomic E-state index is 1.01. The lowest BCUT2D eigenvalue weighted by molar-refractivity contribution is 0.438. The van der Waals surface area contributed by atoms with Crippen molar-refractivity contribution in [3.05, 3.63) is 0 Å². The fourth-order valence-electron chi connectivity index (χ4n) is 3.63. The SMILES string of the molecule is CCCCCCCCCCCCCCCCCCCN1C=NCC1. The van der Waals surface area contributed by atoms with Gasteiger partial charge in [0.05, 0.1) is 12.9 Å². The molecule has 0 atom stereocenters. The molecule has 0 aromatic rings. The summed E-state index contributed by atoms with van der Waals surface area (Å²) in [5, 5.41) is 0. The van der Waals surface area contributed by atoms with Crippen LogP contribution >= 0.6 is 0 Å². The summed E-state index contributed by atoms with van der Waals surface area (Å²) in [5.41, 5.74) is 0. The standard InChI is InChI=1S/C22H44N2/c1-2-3-4-5-6-7-8-9-10-11-12-13-14-15-16-17-18-20-24-21-19-23-22-24/h22H,2-21H2,1H3. The third-order valence-corrected chi connectivity index (χ3v) is 5.31. The molecule has 0 fully saturated rings. The van der Waals surface area contributed by atoms with Crippen molar-refractivity contribution < 1.29 is 0 Å². The van der Waals surface area contributed by atoms with Gasteiger partial charge in [-0.25, -0.2) is 0 Å². The second-order valence-electron chi connectivity index (χ2n) is 7.71. The third kappa shape index (κ3) is 13.9. The number of hydrogen-bond acceptors (Lipinski definition) is 2. The molecule has 0 aromatic carbocycles. The van der Waals surface area contributed by atoms with Gasteiger partial charge in [-0.3, -0.25) is 4.99 Å². The Bertz CT molecular complexity index is 275. The fraction of sp³-hybridized carbons (Fsp3) is 0.955. The quantitative estimate of drug-likeness (QED) is 0.246. The first kappa shape index (κ1) is 21.5. The fourth-order valence-corrected chi connectivity index (χ4v) is 3.63. The summed E-state index contributed by atoms with van der Waals surface area (Å²) in [6.45, 7) is 5.69. The summed E-state index contributed by atoms with van der Waals surface area (Å²) in [5.74, 6) is 0. The smallest absolute Gasteiger partial charge is 0.0851 e. The van der Waals surface area contributed by atoms with E-state index in [9.17, 15) is 0 Å². The predicted octanol–water partition coefficient (Wildman–Crippen LogP) is 6.98. The Hall–Kier alpha value is -0.530. The summed E-state index contributed by atoms with van der Waals surface area (Å²) >= 11 is 0. The topological polar surface area (TPSA) is 15.6 Å². The van der Waals surface area contributed by atoms with E-state index in [1.54, 1.807) is 0 Å². The van der Waals surface area contributed by atoms with Crippen LogP contribution in [0, 0.1) is 0 Å². The van der Waals surface area contributed by atoms with E-state index < -0.39 is 0 Å². The first-order valence-electron chi connectivity index (χ1n) is 11.2. The molecule has 0 unspecified atom stereocenters. The van der Waals surface area contributed by atoms with Crippen molar-refractivity contribution in [2.45, 2.75) is 116 Å². The summed E-state index contributed by atoms with van der Waals surface area (Å²) in [7, 11) is 0. The number of aliphatic imine (C=N–C) groups is 1. The van der Waals surface area contributed by atoms with Crippen LogP contribution in [-0.2, 0) is 0 Å². The maximum Gasteiger partial charge on any atom is 0.0851 e. The van der Waals surface area contributed by atoms with Crippen LogP contribution in [0.25, 0.3) is 0 Å². The molecular weight excluding hydrogens is 292 g/mol. The Balaban J connectivity index is 1.64. The zero-order valence-corrected chi connectivity index (χ0v) is 16.6. The first-order valence-corrected chi connectivity index (χ1v) is 11.2. The molecule has 1 aliphatic rings. The van der Waals surface area contributed by atoms with Gasteiger partial charge in [0.2, 0.25) is 0 Å². The van der Waals surface area contributed by atoms with Crippen LogP contribution in [-0.4, -0.2) is 30.9 Å². The molecule has 2 heteroatoms. The van der Waals surface area contributed by atoms with E-state index in [2.05, 4.69) is 16.8 Å². The van der Waals surface area contributed by atoms with E-state index in [1.807, 2.05) is 6.34 Å². The predicted molar refractivity (Wildman–Crippen MR) is 109 cm³/mol. The maximum atomic E-state index is 4.26. The summed E-state index contributed by atoms with van der Waals surface area (Å²) < 4.78 is 0. The minimum atomic E-state index is 1.01. The minimum Gasteiger partial charge on any atom is -0.361 e. The average Bonchev–Trinajstić information content (AvgIpc) is 3.11. The molecule has 0 aromatic heterocycles. The first-order chi connectivity index (χ1) is 11.9. The molecule has 24 heavy (non-hydrogen) atoms. The van der Waals surface area contributed by atoms with E-state index in [0.717, 1.165) is 13.1 Å². The van der Waals surface area contributed by atoms with Crippen LogP contribution in [0.1, 0.15) is 116 Å². The summed E-state index contributed by atoms with van der Waals surface area (Å²) in [6, 6.07) is 0. The van der Waals surface area contributed by atoms with Crippen molar-refractivity contribution in [3.8, 4) is 0 Å². The van der Waals surface area contributed by atoms with Crippen LogP contribution in [0.2, 0.25) is 0 Å². The van der Waals surface area contributed by atoms with Gasteiger partial charge in [0.1, 0.15) is 0 Å². The van der Waals surface area contributed by atoms with Gasteiger partial charge in [-0.1, -0.05) is 110 Å². The zero-order chi connectivity index (χ0) is 17.1. The van der Waals surface area contributed by atoms with Gasteiger partial charge in [0.25, 0.3) is 0 Å². The molecule has 0 amide bonds. The molecule has 1 rings (SSSR count). The molecular formula is C22H44N2. The van der Waals surface area contributed by atoms with Gasteiger partial charge in [0.15, 0.2) is 0 Å². The second kappa shape index (κ2) is 17.3. The van der Waals surface area contributed by atoms with Crippen molar-refractivity contribution in [1.82, 2.24) is 4.90 Å². The molecule has 1 heterocycles. The third-order valence-electron chi connectivity index (χ3n) is 5.31. The van der Waals surface area contributed by atoms with E-state index in [0.29, 0.717) is 0 Å². The average molecular weight is 337 g/mol. The Morgan fingerprint density at radius 3 is 1.42 bits per heavy atom. The number of nitrogens with zero attached hydrogens (tertiary/aromatic N) is 2. The van der Waals surface area contributed by atoms with Gasteiger partial charge in [-0.05, 0) is 6.42 Å². The van der Waals surface area contributed by atoms with Crippen molar-refractivity contribution in [3.63, 3.8) is 0 Å². The van der Waals surface area contributed by atoms with Crippen LogP contribution < -0.4 is 0 Å². The van der Waals surface area contributed by atoms with Crippen LogP contribution in [0.3, 0.4) is 0 Å². The number of unbranched alkanes of at least 4 members (excludes halogenated alkanes) is 16. The van der Waals surface area contributed by atoms with Crippen LogP contribution in [0.15, 0.2) is 4.99 Å². The molecule has 0 radical (unpaired) electrons. The molecule has 0 spiro atoms. The van der Waals surface area contributed by atoms with Crippen LogP contribution in [0.5, 0.6) is 0 Å². The highest BCUT2D eigenvalue weighted by Gasteiger charge is 2.03. The number of rotatable bonds is 18. The van der Waals surface area contributed by atoms with Gasteiger partial charge in [-0.2, -0.15) is 0 Å². The van der Waals surface area contributed by atoms with Crippen molar-refractivity contribution in [2.24, 2.45) is 4.99 Å². The molecule has 0 aliphatic carbocycles. The highest BCUT2D eigenvalue weighted by atomic mass is 15.2. The molecule has 0 saturated carbocycles. The Labute approximate surface area is 152 Å². The van der Waals surface area contributed by atoms with E-state index in [1.165, 1.54) is 116 Å². The van der Waals surface area contributed by atoms with Crippen molar-refractivity contribution >= 4 is 6.34 Å². The van der Waals surface area contributed by atoms with Crippen LogP contribution in [0.4, 0.5) is 0 Å². The van der Waals surface area contributed by atoms with Gasteiger partial charge < -0.3 is 4.90 Å². The largest absolute Gasteiger partial charge is 0.361 e. The molecule has 142 valence electrons. The Kier molecular flexibility index (Phi) is 15.5. The lowest BCUT2D eigenvalue weighted by Crippen LogP contribution is -2.20. The van der Waals surface area contributed by atoms with Crippen molar-refractivity contribution in [2.75, 3.05) is 19.6 Å². The van der Waals surface area contributed by atoms with Gasteiger partial charge >= 0.3 is 0 Å².